The largest absolute Gasteiger partial charge is 0.349 e. The third kappa shape index (κ3) is 2.53. The van der Waals surface area contributed by atoms with E-state index in [1.54, 1.807) is 0 Å². The molecule has 1 amide bonds. The summed E-state index contributed by atoms with van der Waals surface area (Å²) in [7, 11) is 3.79. The maximum Gasteiger partial charge on any atom is 0.255 e. The summed E-state index contributed by atoms with van der Waals surface area (Å²) in [6.45, 7) is 4.01. The lowest BCUT2D eigenvalue weighted by Crippen LogP contribution is -2.40. The SMILES string of the molecule is Cc1nc(N(C)C)nc2c(C(=O)N[C@H](C)C3CCC3)ccn12. The highest BCUT2D eigenvalue weighted by Gasteiger charge is 2.26. The number of hydrogen-bond acceptors (Lipinski definition) is 4. The number of hydrogen-bond donors (Lipinski definition) is 1. The van der Waals surface area contributed by atoms with E-state index in [4.69, 9.17) is 0 Å². The molecule has 0 radical (unpaired) electrons. The van der Waals surface area contributed by atoms with Gasteiger partial charge in [-0.25, -0.2) is 0 Å². The fourth-order valence-electron chi connectivity index (χ4n) is 2.84. The van der Waals surface area contributed by atoms with E-state index in [1.165, 1.54) is 19.3 Å². The zero-order valence-electron chi connectivity index (χ0n) is 13.6. The minimum absolute atomic E-state index is 0.0512. The van der Waals surface area contributed by atoms with Gasteiger partial charge in [-0.05, 0) is 38.7 Å². The van der Waals surface area contributed by atoms with Crippen molar-refractivity contribution in [3.63, 3.8) is 0 Å². The standard InChI is InChI=1S/C16H23N5O/c1-10(12-6-5-7-12)17-15(22)13-8-9-21-11(2)18-16(20(3)4)19-14(13)21/h8-10,12H,5-7H2,1-4H3,(H,17,22)/t10-/m1/s1. The Morgan fingerprint density at radius 2 is 2.14 bits per heavy atom. The third-order valence-electron chi connectivity index (χ3n) is 4.54. The van der Waals surface area contributed by atoms with E-state index in [0.717, 1.165) is 5.82 Å². The van der Waals surface area contributed by atoms with Gasteiger partial charge in [0.2, 0.25) is 5.95 Å². The van der Waals surface area contributed by atoms with Crippen LogP contribution in [0.25, 0.3) is 5.65 Å². The second-order valence-corrected chi connectivity index (χ2v) is 6.34. The molecule has 118 valence electrons. The smallest absolute Gasteiger partial charge is 0.255 e. The summed E-state index contributed by atoms with van der Waals surface area (Å²) in [5, 5.41) is 3.12. The Balaban J connectivity index is 1.91. The van der Waals surface area contributed by atoms with Crippen molar-refractivity contribution in [3.8, 4) is 0 Å². The Bertz CT molecular complexity index is 702. The van der Waals surface area contributed by atoms with E-state index >= 15 is 0 Å². The molecule has 0 aromatic carbocycles. The number of nitrogens with zero attached hydrogens (tertiary/aromatic N) is 4. The van der Waals surface area contributed by atoms with E-state index in [1.807, 2.05) is 42.6 Å². The van der Waals surface area contributed by atoms with Crippen molar-refractivity contribution >= 4 is 17.5 Å². The lowest BCUT2D eigenvalue weighted by molar-refractivity contribution is 0.0911. The Labute approximate surface area is 130 Å². The molecule has 0 unspecified atom stereocenters. The van der Waals surface area contributed by atoms with Crippen LogP contribution in [-0.2, 0) is 0 Å². The van der Waals surface area contributed by atoms with Crippen LogP contribution in [0.3, 0.4) is 0 Å². The highest BCUT2D eigenvalue weighted by Crippen LogP contribution is 2.29. The van der Waals surface area contributed by atoms with Crippen LogP contribution >= 0.6 is 0 Å². The highest BCUT2D eigenvalue weighted by molar-refractivity contribution is 6.00. The number of aromatic nitrogens is 3. The zero-order chi connectivity index (χ0) is 15.9. The van der Waals surface area contributed by atoms with Crippen LogP contribution in [0.5, 0.6) is 0 Å². The van der Waals surface area contributed by atoms with Crippen molar-refractivity contribution in [2.45, 2.75) is 39.2 Å². The van der Waals surface area contributed by atoms with Crippen LogP contribution in [0.2, 0.25) is 0 Å². The summed E-state index contributed by atoms with van der Waals surface area (Å²) in [4.78, 5) is 23.4. The van der Waals surface area contributed by atoms with Crippen LogP contribution in [0.4, 0.5) is 5.95 Å². The Morgan fingerprint density at radius 3 is 2.73 bits per heavy atom. The number of nitrogens with one attached hydrogen (secondary N) is 1. The van der Waals surface area contributed by atoms with Gasteiger partial charge in [-0.15, -0.1) is 0 Å². The average Bonchev–Trinajstić information content (AvgIpc) is 2.80. The molecule has 2 aromatic heterocycles. The lowest BCUT2D eigenvalue weighted by Gasteiger charge is -2.31. The topological polar surface area (TPSA) is 62.5 Å². The molecule has 0 bridgehead atoms. The molecule has 0 spiro atoms. The second-order valence-electron chi connectivity index (χ2n) is 6.34. The molecule has 3 rings (SSSR count). The zero-order valence-corrected chi connectivity index (χ0v) is 13.6. The van der Waals surface area contributed by atoms with Crippen LogP contribution < -0.4 is 10.2 Å². The first-order chi connectivity index (χ1) is 10.5. The van der Waals surface area contributed by atoms with E-state index in [-0.39, 0.29) is 11.9 Å². The van der Waals surface area contributed by atoms with Gasteiger partial charge in [-0.1, -0.05) is 6.42 Å². The Kier molecular flexibility index (Phi) is 3.76. The minimum Gasteiger partial charge on any atom is -0.349 e. The molecule has 1 atom stereocenters. The van der Waals surface area contributed by atoms with Gasteiger partial charge >= 0.3 is 0 Å². The van der Waals surface area contributed by atoms with Gasteiger partial charge in [0, 0.05) is 26.3 Å². The third-order valence-corrected chi connectivity index (χ3v) is 4.54. The monoisotopic (exact) mass is 301 g/mol. The van der Waals surface area contributed by atoms with Crippen LogP contribution in [-0.4, -0.2) is 40.4 Å². The molecule has 1 fully saturated rings. The second kappa shape index (κ2) is 5.59. The minimum atomic E-state index is -0.0512. The van der Waals surface area contributed by atoms with Crippen LogP contribution in [0.15, 0.2) is 12.3 Å². The number of aryl methyl sites for hydroxylation is 1. The number of carbonyl (C=O) groups excluding carboxylic acids is 1. The van der Waals surface area contributed by atoms with Crippen molar-refractivity contribution in [2.75, 3.05) is 19.0 Å². The van der Waals surface area contributed by atoms with Gasteiger partial charge in [0.25, 0.3) is 5.91 Å². The summed E-state index contributed by atoms with van der Waals surface area (Å²) >= 11 is 0. The van der Waals surface area contributed by atoms with Gasteiger partial charge in [0.05, 0.1) is 5.56 Å². The molecule has 0 aliphatic heterocycles. The predicted octanol–water partition coefficient (Wildman–Crippen LogP) is 2.02. The van der Waals surface area contributed by atoms with Gasteiger partial charge in [-0.3, -0.25) is 9.20 Å². The molecule has 1 N–H and O–H groups in total. The number of amides is 1. The lowest BCUT2D eigenvalue weighted by atomic mass is 9.80. The molecule has 2 heterocycles. The maximum absolute atomic E-state index is 12.6. The fraction of sp³-hybridized carbons (Fsp3) is 0.562. The van der Waals surface area contributed by atoms with Crippen molar-refractivity contribution in [3.05, 3.63) is 23.7 Å². The Morgan fingerprint density at radius 1 is 1.41 bits per heavy atom. The molecule has 6 heteroatoms. The number of anilines is 1. The molecule has 1 aliphatic carbocycles. The van der Waals surface area contributed by atoms with Gasteiger partial charge in [0.15, 0.2) is 5.65 Å². The number of rotatable bonds is 4. The summed E-state index contributed by atoms with van der Waals surface area (Å²) in [5.74, 6) is 2.00. The summed E-state index contributed by atoms with van der Waals surface area (Å²) in [6, 6.07) is 2.03. The maximum atomic E-state index is 12.6. The van der Waals surface area contributed by atoms with Gasteiger partial charge < -0.3 is 10.2 Å². The van der Waals surface area contributed by atoms with E-state index in [0.29, 0.717) is 23.1 Å². The fourth-order valence-corrected chi connectivity index (χ4v) is 2.84. The van der Waals surface area contributed by atoms with E-state index < -0.39 is 0 Å². The molecular formula is C16H23N5O. The summed E-state index contributed by atoms with van der Waals surface area (Å²) in [5.41, 5.74) is 1.27. The normalized spacial score (nSPS) is 16.4. The molecule has 2 aromatic rings. The molecular weight excluding hydrogens is 278 g/mol. The molecule has 1 saturated carbocycles. The first-order valence-corrected chi connectivity index (χ1v) is 7.81. The Hall–Kier alpha value is -2.11. The van der Waals surface area contributed by atoms with Gasteiger partial charge in [-0.2, -0.15) is 9.97 Å². The summed E-state index contributed by atoms with van der Waals surface area (Å²) < 4.78 is 1.86. The molecule has 6 nitrogen and oxygen atoms in total. The molecule has 22 heavy (non-hydrogen) atoms. The summed E-state index contributed by atoms with van der Waals surface area (Å²) in [6.07, 6.45) is 5.56. The van der Waals surface area contributed by atoms with Gasteiger partial charge in [0.1, 0.15) is 5.82 Å². The molecule has 1 aliphatic rings. The predicted molar refractivity (Wildman–Crippen MR) is 86.3 cm³/mol. The number of fused-ring (bicyclic) bond motifs is 1. The first kappa shape index (κ1) is 14.8. The molecule has 0 saturated heterocycles. The van der Waals surface area contributed by atoms with Crippen molar-refractivity contribution in [1.29, 1.82) is 0 Å². The van der Waals surface area contributed by atoms with Crippen LogP contribution in [0.1, 0.15) is 42.4 Å². The highest BCUT2D eigenvalue weighted by atomic mass is 16.1. The van der Waals surface area contributed by atoms with E-state index in [9.17, 15) is 4.79 Å². The average molecular weight is 301 g/mol. The first-order valence-electron chi connectivity index (χ1n) is 7.81. The van der Waals surface area contributed by atoms with Crippen molar-refractivity contribution in [2.24, 2.45) is 5.92 Å². The quantitative estimate of drug-likeness (QED) is 0.938. The van der Waals surface area contributed by atoms with Crippen molar-refractivity contribution in [1.82, 2.24) is 19.7 Å². The number of carbonyl (C=O) groups is 1. The van der Waals surface area contributed by atoms with Crippen LogP contribution in [0, 0.1) is 12.8 Å². The van der Waals surface area contributed by atoms with Crippen molar-refractivity contribution < 1.29 is 4.79 Å². The van der Waals surface area contributed by atoms with E-state index in [2.05, 4.69) is 22.2 Å².